The smallest absolute Gasteiger partial charge is 0.372 e. The maximum atomic E-state index is 10.6. The molecule has 0 amide bonds. The van der Waals surface area contributed by atoms with Gasteiger partial charge in [-0.25, -0.2) is 9.59 Å². The molecule has 13 heavy (non-hydrogen) atoms. The Kier molecular flexibility index (Phi) is 5.62. The van der Waals surface area contributed by atoms with E-state index in [0.717, 1.165) is 7.11 Å². The first kappa shape index (κ1) is 11.7. The van der Waals surface area contributed by atoms with E-state index in [9.17, 15) is 9.59 Å². The molecule has 0 saturated heterocycles. The number of ether oxygens (including phenoxy) is 2. The largest absolute Gasteiger partial charge is 0.466 e. The molecule has 0 bridgehead atoms. The van der Waals surface area contributed by atoms with Crippen LogP contribution < -0.4 is 0 Å². The number of hydrogen-bond acceptors (Lipinski definition) is 6. The van der Waals surface area contributed by atoms with Gasteiger partial charge in [0.2, 0.25) is 6.61 Å². The van der Waals surface area contributed by atoms with Crippen molar-refractivity contribution in [1.29, 1.82) is 0 Å². The zero-order chi connectivity index (χ0) is 10.3. The molecule has 0 fully saturated rings. The van der Waals surface area contributed by atoms with E-state index in [1.165, 1.54) is 7.11 Å². The average molecular weight is 210 g/mol. The minimum Gasteiger partial charge on any atom is -0.466 e. The molecule has 7 heteroatoms. The average Bonchev–Trinajstić information content (AvgIpc) is 2.15. The van der Waals surface area contributed by atoms with E-state index >= 15 is 0 Å². The summed E-state index contributed by atoms with van der Waals surface area (Å²) in [6.07, 6.45) is 0. The first-order valence-corrected chi connectivity index (χ1v) is 3.50. The van der Waals surface area contributed by atoms with Gasteiger partial charge in [-0.05, 0) is 0 Å². The summed E-state index contributed by atoms with van der Waals surface area (Å²) in [5.74, 6) is -1.47. The van der Waals surface area contributed by atoms with E-state index < -0.39 is 23.7 Å². The van der Waals surface area contributed by atoms with E-state index in [2.05, 4.69) is 19.5 Å². The Morgan fingerprint density at radius 1 is 1.31 bits per heavy atom. The number of methoxy groups -OCH3 is 2. The van der Waals surface area contributed by atoms with Crippen LogP contribution in [0.15, 0.2) is 5.16 Å². The summed E-state index contributed by atoms with van der Waals surface area (Å²) in [5, 5.41) is 2.60. The predicted octanol–water partition coefficient (Wildman–Crippen LogP) is -0.0987. The van der Waals surface area contributed by atoms with Crippen molar-refractivity contribution in [1.82, 2.24) is 0 Å². The molecule has 0 aliphatic heterocycles. The maximum Gasteiger partial charge on any atom is 0.372 e. The number of carbonyl (C=O) groups excluding carboxylic acids is 2. The second kappa shape index (κ2) is 6.24. The van der Waals surface area contributed by atoms with Crippen LogP contribution in [0.2, 0.25) is 0 Å². The van der Waals surface area contributed by atoms with Gasteiger partial charge < -0.3 is 14.3 Å². The highest BCUT2D eigenvalue weighted by molar-refractivity contribution is 6.81. The predicted molar refractivity (Wildman–Crippen MR) is 43.3 cm³/mol. The van der Waals surface area contributed by atoms with Crippen LogP contribution >= 0.6 is 11.6 Å². The fourth-order valence-corrected chi connectivity index (χ4v) is 0.448. The summed E-state index contributed by atoms with van der Waals surface area (Å²) in [7, 11) is 2.33. The van der Waals surface area contributed by atoms with Gasteiger partial charge >= 0.3 is 11.9 Å². The molecule has 0 saturated carbocycles. The minimum atomic E-state index is -0.841. The van der Waals surface area contributed by atoms with E-state index in [1.54, 1.807) is 0 Å². The first-order chi connectivity index (χ1) is 6.11. The molecule has 0 spiro atoms. The van der Waals surface area contributed by atoms with Gasteiger partial charge in [-0.2, -0.15) is 0 Å². The van der Waals surface area contributed by atoms with Gasteiger partial charge in [0.05, 0.1) is 14.2 Å². The van der Waals surface area contributed by atoms with Gasteiger partial charge in [-0.3, -0.25) is 0 Å². The highest BCUT2D eigenvalue weighted by Gasteiger charge is 2.08. The maximum absolute atomic E-state index is 10.6. The Morgan fingerprint density at radius 3 is 2.38 bits per heavy atom. The lowest BCUT2D eigenvalue weighted by Gasteiger charge is -1.97. The third-order valence-electron chi connectivity index (χ3n) is 0.909. The molecule has 0 radical (unpaired) electrons. The summed E-state index contributed by atoms with van der Waals surface area (Å²) in [6, 6.07) is 0. The summed E-state index contributed by atoms with van der Waals surface area (Å²) in [6.45, 7) is -0.413. The van der Waals surface area contributed by atoms with Crippen LogP contribution in [-0.2, 0) is 23.9 Å². The summed E-state index contributed by atoms with van der Waals surface area (Å²) in [4.78, 5) is 25.4. The number of carbonyl (C=O) groups is 2. The van der Waals surface area contributed by atoms with Crippen LogP contribution in [-0.4, -0.2) is 37.9 Å². The molecular weight excluding hydrogens is 202 g/mol. The molecular formula is C6H8ClNO5. The van der Waals surface area contributed by atoms with Crippen molar-refractivity contribution < 1.29 is 23.9 Å². The van der Waals surface area contributed by atoms with Crippen molar-refractivity contribution in [2.75, 3.05) is 20.8 Å². The lowest BCUT2D eigenvalue weighted by atomic mass is 10.7. The summed E-state index contributed by atoms with van der Waals surface area (Å²) in [5.41, 5.74) is 0. The molecule has 74 valence electrons. The van der Waals surface area contributed by atoms with Crippen LogP contribution in [0.25, 0.3) is 0 Å². The Hall–Kier alpha value is -1.30. The highest BCUT2D eigenvalue weighted by Crippen LogP contribution is 1.91. The molecule has 0 heterocycles. The molecule has 0 N–H and O–H groups in total. The minimum absolute atomic E-state index is 0.413. The number of oxime groups is 1. The Labute approximate surface area is 79.4 Å². The van der Waals surface area contributed by atoms with Gasteiger partial charge in [-0.15, -0.1) is 0 Å². The van der Waals surface area contributed by atoms with Gasteiger partial charge in [0.15, 0.2) is 0 Å². The number of halogens is 1. The molecule has 0 aliphatic carbocycles. The van der Waals surface area contributed by atoms with Gasteiger partial charge in [0.25, 0.3) is 5.17 Å². The quantitative estimate of drug-likeness (QED) is 0.367. The first-order valence-electron chi connectivity index (χ1n) is 3.12. The standard InChI is InChI=1S/C6H8ClNO5/c1-11-4(9)3-13-8-5(7)6(10)12-2/h3H2,1-2H3. The van der Waals surface area contributed by atoms with Crippen LogP contribution in [0.3, 0.4) is 0 Å². The van der Waals surface area contributed by atoms with Crippen LogP contribution in [0.5, 0.6) is 0 Å². The Balaban J connectivity index is 3.84. The molecule has 0 aliphatic rings. The van der Waals surface area contributed by atoms with E-state index in [4.69, 9.17) is 11.6 Å². The Morgan fingerprint density at radius 2 is 1.92 bits per heavy atom. The van der Waals surface area contributed by atoms with Gasteiger partial charge in [-0.1, -0.05) is 16.8 Å². The number of hydrogen-bond donors (Lipinski definition) is 0. The third kappa shape index (κ3) is 5.02. The van der Waals surface area contributed by atoms with Crippen molar-refractivity contribution >= 4 is 28.7 Å². The fraction of sp³-hybridized carbons (Fsp3) is 0.500. The van der Waals surface area contributed by atoms with E-state index in [0.29, 0.717) is 0 Å². The highest BCUT2D eigenvalue weighted by atomic mass is 35.5. The Bertz CT molecular complexity index is 227. The van der Waals surface area contributed by atoms with Crippen molar-refractivity contribution in [2.24, 2.45) is 5.16 Å². The number of nitrogens with zero attached hydrogens (tertiary/aromatic N) is 1. The van der Waals surface area contributed by atoms with Crippen molar-refractivity contribution in [3.05, 3.63) is 0 Å². The summed E-state index contributed by atoms with van der Waals surface area (Å²) >= 11 is 5.26. The zero-order valence-electron chi connectivity index (χ0n) is 7.07. The van der Waals surface area contributed by atoms with Crippen LogP contribution in [0, 0.1) is 0 Å². The van der Waals surface area contributed by atoms with Gasteiger partial charge in [0.1, 0.15) is 0 Å². The molecule has 0 rings (SSSR count). The third-order valence-corrected chi connectivity index (χ3v) is 1.13. The zero-order valence-corrected chi connectivity index (χ0v) is 7.83. The SMILES string of the molecule is COC(=O)CON=C(Cl)C(=O)OC. The molecule has 0 aromatic heterocycles. The number of rotatable bonds is 4. The van der Waals surface area contributed by atoms with Crippen LogP contribution in [0.1, 0.15) is 0 Å². The molecule has 0 unspecified atom stereocenters. The second-order valence-electron chi connectivity index (χ2n) is 1.72. The topological polar surface area (TPSA) is 74.2 Å². The summed E-state index contributed by atoms with van der Waals surface area (Å²) < 4.78 is 8.42. The molecule has 0 aromatic rings. The fourth-order valence-electron chi connectivity index (χ4n) is 0.322. The molecule has 0 atom stereocenters. The van der Waals surface area contributed by atoms with E-state index in [-0.39, 0.29) is 0 Å². The van der Waals surface area contributed by atoms with Crippen LogP contribution in [0.4, 0.5) is 0 Å². The monoisotopic (exact) mass is 209 g/mol. The normalized spacial score (nSPS) is 10.5. The second-order valence-corrected chi connectivity index (χ2v) is 2.08. The molecule has 6 nitrogen and oxygen atoms in total. The van der Waals surface area contributed by atoms with Crippen molar-refractivity contribution in [3.63, 3.8) is 0 Å². The lowest BCUT2D eigenvalue weighted by molar-refractivity contribution is -0.146. The van der Waals surface area contributed by atoms with E-state index in [1.807, 2.05) is 0 Å². The number of esters is 2. The molecule has 0 aromatic carbocycles. The van der Waals surface area contributed by atoms with Gasteiger partial charge in [0, 0.05) is 0 Å². The van der Waals surface area contributed by atoms with Crippen molar-refractivity contribution in [3.8, 4) is 0 Å². The van der Waals surface area contributed by atoms with Crippen molar-refractivity contribution in [2.45, 2.75) is 0 Å². The lowest BCUT2D eigenvalue weighted by Crippen LogP contribution is -2.12.